The Morgan fingerprint density at radius 3 is 1.27 bits per heavy atom. The van der Waals surface area contributed by atoms with Gasteiger partial charge in [0.25, 0.3) is 6.71 Å². The van der Waals surface area contributed by atoms with Crippen LogP contribution in [0.4, 0.5) is 0 Å². The van der Waals surface area contributed by atoms with Crippen LogP contribution in [0.3, 0.4) is 0 Å². The third kappa shape index (κ3) is 8.61. The molecule has 0 saturated heterocycles. The summed E-state index contributed by atoms with van der Waals surface area (Å²) < 4.78 is 9.94. The van der Waals surface area contributed by atoms with Crippen molar-refractivity contribution in [2.24, 2.45) is 0 Å². The zero-order valence-electron chi connectivity index (χ0n) is 47.2. The lowest BCUT2D eigenvalue weighted by atomic mass is 9.34. The lowest BCUT2D eigenvalue weighted by Crippen LogP contribution is -2.58. The van der Waals surface area contributed by atoms with Gasteiger partial charge in [0, 0.05) is 60.9 Å². The molecule has 0 fully saturated rings. The summed E-state index contributed by atoms with van der Waals surface area (Å²) in [5.74, 6) is 4.90. The average Bonchev–Trinajstić information content (AvgIpc) is 3.77. The molecule has 12 aromatic rings. The van der Waals surface area contributed by atoms with Crippen LogP contribution in [0.5, 0.6) is 11.5 Å². The lowest BCUT2D eigenvalue weighted by molar-refractivity contribution is 0.486. The summed E-state index contributed by atoms with van der Waals surface area (Å²) in [6.45, 7) is 20.6. The molecule has 0 atom stereocenters. The number of rotatable bonds is 7. The number of nitrogens with zero attached hydrogens (tertiary/aromatic N) is 7. The van der Waals surface area contributed by atoms with Gasteiger partial charge in [0.05, 0.1) is 5.52 Å². The number of aromatic nitrogens is 7. The Bertz CT molecular complexity index is 4220. The van der Waals surface area contributed by atoms with E-state index in [0.717, 1.165) is 72.7 Å². The Morgan fingerprint density at radius 2 is 0.790 bits per heavy atom. The molecule has 3 aromatic heterocycles. The molecule has 0 bridgehead atoms. The van der Waals surface area contributed by atoms with E-state index in [1.54, 1.807) is 0 Å². The predicted molar refractivity (Wildman–Crippen MR) is 333 cm³/mol. The number of fused-ring (bicyclic) bond motifs is 7. The van der Waals surface area contributed by atoms with E-state index in [1.165, 1.54) is 43.9 Å². The van der Waals surface area contributed by atoms with Gasteiger partial charge in [-0.2, -0.15) is 0 Å². The molecule has 0 amide bonds. The van der Waals surface area contributed by atoms with Gasteiger partial charge in [0.2, 0.25) is 0 Å². The van der Waals surface area contributed by atoms with E-state index < -0.39 is 0 Å². The SMILES string of the molecule is CC(C)(C)c1ccc2c(c1)B1c3c(cc(-c4c(-c5nc(-c6ccccc6)nc(-c6ccccc6)n5)cccc4-c4nc(-c5ccccc5)nc(-c5ccccc5)n4)cc3-n3c4ccc(C(C)(C)C)cc4c4cc(C(C)(C)C)cc1c43)O2. The molecule has 0 aliphatic carbocycles. The van der Waals surface area contributed by atoms with Crippen LogP contribution in [0.15, 0.2) is 200 Å². The summed E-state index contributed by atoms with van der Waals surface area (Å²) >= 11 is 0. The lowest BCUT2D eigenvalue weighted by Gasteiger charge is -2.35. The second-order valence-electron chi connectivity index (χ2n) is 24.8. The van der Waals surface area contributed by atoms with Crippen LogP contribution in [0.25, 0.3) is 107 Å². The largest absolute Gasteiger partial charge is 0.458 e. The molecule has 9 heteroatoms. The van der Waals surface area contributed by atoms with E-state index in [2.05, 4.69) is 146 Å². The normalized spacial score (nSPS) is 12.8. The first kappa shape index (κ1) is 49.9. The zero-order chi connectivity index (χ0) is 55.5. The van der Waals surface area contributed by atoms with Crippen molar-refractivity contribution in [3.63, 3.8) is 0 Å². The van der Waals surface area contributed by atoms with Crippen LogP contribution in [0.2, 0.25) is 0 Å². The summed E-state index contributed by atoms with van der Waals surface area (Å²) in [5, 5.41) is 2.48. The van der Waals surface area contributed by atoms with E-state index in [0.29, 0.717) is 34.9 Å². The minimum atomic E-state index is -0.135. The average molecular weight is 1050 g/mol. The molecular weight excluding hydrogens is 990 g/mol. The first-order valence-electron chi connectivity index (χ1n) is 28.1. The summed E-state index contributed by atoms with van der Waals surface area (Å²) in [6, 6.07) is 70.4. The highest BCUT2D eigenvalue weighted by atomic mass is 16.5. The van der Waals surface area contributed by atoms with Gasteiger partial charge in [0.1, 0.15) is 11.5 Å². The van der Waals surface area contributed by atoms with Gasteiger partial charge >= 0.3 is 0 Å². The zero-order valence-corrected chi connectivity index (χ0v) is 47.2. The fourth-order valence-electron chi connectivity index (χ4n) is 11.9. The molecule has 392 valence electrons. The van der Waals surface area contributed by atoms with Crippen molar-refractivity contribution in [2.75, 3.05) is 0 Å². The number of benzene rings is 9. The molecule has 5 heterocycles. The number of hydrogen-bond acceptors (Lipinski definition) is 7. The quantitative estimate of drug-likeness (QED) is 0.147. The van der Waals surface area contributed by atoms with Crippen LogP contribution in [-0.4, -0.2) is 41.2 Å². The highest BCUT2D eigenvalue weighted by Crippen LogP contribution is 2.46. The molecule has 2 aliphatic rings. The van der Waals surface area contributed by atoms with Gasteiger partial charge in [-0.1, -0.05) is 226 Å². The monoisotopic (exact) mass is 1050 g/mol. The maximum absolute atomic E-state index is 7.42. The van der Waals surface area contributed by atoms with Crippen LogP contribution in [0, 0.1) is 0 Å². The maximum Gasteiger partial charge on any atom is 0.256 e. The fraction of sp³-hybridized carbons (Fsp3) is 0.167. The van der Waals surface area contributed by atoms with E-state index >= 15 is 0 Å². The molecule has 0 N–H and O–H groups in total. The van der Waals surface area contributed by atoms with Crippen molar-refractivity contribution in [3.8, 4) is 96.6 Å². The molecule has 8 nitrogen and oxygen atoms in total. The summed E-state index contributed by atoms with van der Waals surface area (Å²) in [5.41, 5.74) is 17.4. The molecule has 0 radical (unpaired) electrons. The van der Waals surface area contributed by atoms with E-state index in [-0.39, 0.29) is 23.0 Å². The molecule has 81 heavy (non-hydrogen) atoms. The van der Waals surface area contributed by atoms with Crippen molar-refractivity contribution in [1.82, 2.24) is 34.5 Å². The second kappa shape index (κ2) is 18.6. The van der Waals surface area contributed by atoms with Crippen LogP contribution in [-0.2, 0) is 16.2 Å². The smallest absolute Gasteiger partial charge is 0.256 e. The maximum atomic E-state index is 7.42. The Hall–Kier alpha value is -9.34. The fourth-order valence-corrected chi connectivity index (χ4v) is 11.9. The van der Waals surface area contributed by atoms with E-state index in [1.807, 2.05) is 121 Å². The summed E-state index contributed by atoms with van der Waals surface area (Å²) in [7, 11) is 0. The number of hydrogen-bond donors (Lipinski definition) is 0. The van der Waals surface area contributed by atoms with Gasteiger partial charge < -0.3 is 9.30 Å². The summed E-state index contributed by atoms with van der Waals surface area (Å²) in [6.07, 6.45) is 0. The van der Waals surface area contributed by atoms with Crippen LogP contribution >= 0.6 is 0 Å². The highest BCUT2D eigenvalue weighted by molar-refractivity contribution is 6.99. The topological polar surface area (TPSA) is 91.5 Å². The van der Waals surface area contributed by atoms with Crippen LogP contribution in [0.1, 0.15) is 79.0 Å². The van der Waals surface area contributed by atoms with Crippen molar-refractivity contribution in [1.29, 1.82) is 0 Å². The van der Waals surface area contributed by atoms with Gasteiger partial charge in [-0.05, 0) is 91.3 Å². The third-order valence-corrected chi connectivity index (χ3v) is 16.2. The standard InChI is InChI=1S/C72H60BN7O/c1-70(2,3)48-33-35-57-53(39-48)54-40-50(72(7,8)9)42-56-63(54)80(57)58-37-47(38-60-62(58)73(56)55-41-49(71(4,5)6)34-36-59(55)81-60)61-51(68-76-64(43-23-14-10-15-24-43)74-65(77-68)44-25-16-11-17-26-44)31-22-32-52(61)69-78-66(45-27-18-12-19-28-45)75-67(79-69)46-29-20-13-21-30-46/h10-42H,1-9H3. The third-order valence-electron chi connectivity index (χ3n) is 16.2. The molecule has 0 spiro atoms. The van der Waals surface area contributed by atoms with Gasteiger partial charge in [0.15, 0.2) is 34.9 Å². The Balaban J connectivity index is 1.12. The molecule has 2 aliphatic heterocycles. The second-order valence-corrected chi connectivity index (χ2v) is 24.8. The van der Waals surface area contributed by atoms with Gasteiger partial charge in [-0.15, -0.1) is 0 Å². The first-order chi connectivity index (χ1) is 39.0. The number of ether oxygens (including phenoxy) is 1. The molecule has 9 aromatic carbocycles. The highest BCUT2D eigenvalue weighted by Gasteiger charge is 2.43. The minimum absolute atomic E-state index is 0.0707. The van der Waals surface area contributed by atoms with Crippen molar-refractivity contribution >= 4 is 44.9 Å². The van der Waals surface area contributed by atoms with Gasteiger partial charge in [-0.3, -0.25) is 0 Å². The Morgan fingerprint density at radius 1 is 0.358 bits per heavy atom. The Kier molecular flexibility index (Phi) is 11.5. The molecule has 0 saturated carbocycles. The molecular formula is C72H60BN7O. The summed E-state index contributed by atoms with van der Waals surface area (Å²) in [4.78, 5) is 31.9. The molecule has 14 rings (SSSR count). The van der Waals surface area contributed by atoms with Crippen LogP contribution < -0.4 is 21.1 Å². The first-order valence-corrected chi connectivity index (χ1v) is 28.1. The van der Waals surface area contributed by atoms with Gasteiger partial charge in [-0.25, -0.2) is 29.9 Å². The van der Waals surface area contributed by atoms with E-state index in [4.69, 9.17) is 34.6 Å². The van der Waals surface area contributed by atoms with Crippen molar-refractivity contribution in [2.45, 2.75) is 78.6 Å². The van der Waals surface area contributed by atoms with E-state index in [9.17, 15) is 0 Å². The predicted octanol–water partition coefficient (Wildman–Crippen LogP) is 15.7. The minimum Gasteiger partial charge on any atom is -0.458 e. The Labute approximate surface area is 473 Å². The van der Waals surface area contributed by atoms with Crippen molar-refractivity contribution in [3.05, 3.63) is 217 Å². The van der Waals surface area contributed by atoms with Crippen molar-refractivity contribution < 1.29 is 4.74 Å². The molecule has 0 unspecified atom stereocenters.